The van der Waals surface area contributed by atoms with Gasteiger partial charge < -0.3 is 0 Å². The van der Waals surface area contributed by atoms with Crippen molar-refractivity contribution in [1.82, 2.24) is 0 Å². The van der Waals surface area contributed by atoms with Crippen LogP contribution in [0.1, 0.15) is 24.6 Å². The molecule has 2 nitrogen and oxygen atoms in total. The lowest BCUT2D eigenvalue weighted by Gasteiger charge is -2.00. The maximum atomic E-state index is 10.9. The Labute approximate surface area is 73.1 Å². The lowest BCUT2D eigenvalue weighted by atomic mass is 10.1. The zero-order valence-corrected chi connectivity index (χ0v) is 7.87. The van der Waals surface area contributed by atoms with E-state index in [0.29, 0.717) is 6.42 Å². The quantitative estimate of drug-likeness (QED) is 0.731. The largest absolute Gasteiger partial charge is 0.513 e. The van der Waals surface area contributed by atoms with E-state index in [1.807, 2.05) is 37.3 Å². The normalized spacial score (nSPS) is 14.0. The molecule has 3 heteroatoms. The van der Waals surface area contributed by atoms with E-state index in [1.165, 1.54) is 0 Å². The topological polar surface area (TPSA) is 37.3 Å². The molecule has 0 aromatic heterocycles. The van der Waals surface area contributed by atoms with Crippen molar-refractivity contribution in [2.45, 2.75) is 19.0 Å². The van der Waals surface area contributed by atoms with Gasteiger partial charge in [0.1, 0.15) is 0 Å². The Morgan fingerprint density at radius 1 is 1.42 bits per heavy atom. The first kappa shape index (κ1) is 9.37. The summed E-state index contributed by atoms with van der Waals surface area (Å²) in [6.45, 7) is 1.92. The third-order valence-corrected chi connectivity index (χ3v) is 3.03. The molecule has 0 bridgehead atoms. The van der Waals surface area contributed by atoms with Crippen LogP contribution >= 0.6 is 8.03 Å². The zero-order valence-electron chi connectivity index (χ0n) is 6.97. The van der Waals surface area contributed by atoms with Crippen molar-refractivity contribution >= 4 is 8.03 Å². The highest BCUT2D eigenvalue weighted by Crippen LogP contribution is 2.39. The van der Waals surface area contributed by atoms with Crippen LogP contribution in [0, 0.1) is 0 Å². The number of hydrogen-bond donors (Lipinski definition) is 1. The molecule has 64 valence electrons. The molecule has 0 aliphatic rings. The van der Waals surface area contributed by atoms with Crippen LogP contribution in [0.2, 0.25) is 0 Å². The van der Waals surface area contributed by atoms with Crippen LogP contribution in [0.5, 0.6) is 0 Å². The monoisotopic (exact) mass is 183 g/mol. The minimum Gasteiger partial charge on any atom is -0.160 e. The molecule has 0 saturated carbocycles. The average molecular weight is 183 g/mol. The maximum Gasteiger partial charge on any atom is 0.513 e. The molecular formula is C9H12O2P+. The summed E-state index contributed by atoms with van der Waals surface area (Å²) in [5, 5.41) is 0. The van der Waals surface area contributed by atoms with Gasteiger partial charge in [-0.15, -0.1) is 0 Å². The molecule has 0 saturated heterocycles. The van der Waals surface area contributed by atoms with Crippen LogP contribution in [-0.4, -0.2) is 4.89 Å². The summed E-state index contributed by atoms with van der Waals surface area (Å²) in [5.74, 6) is 0. The molecule has 0 fully saturated rings. The molecule has 0 aliphatic heterocycles. The molecule has 0 aliphatic carbocycles. The number of hydrogen-bond acceptors (Lipinski definition) is 1. The van der Waals surface area contributed by atoms with E-state index in [9.17, 15) is 4.57 Å². The first-order valence-electron chi connectivity index (χ1n) is 3.96. The Kier molecular flexibility index (Phi) is 3.39. The fourth-order valence-corrected chi connectivity index (χ4v) is 1.93. The third kappa shape index (κ3) is 2.13. The van der Waals surface area contributed by atoms with E-state index in [-0.39, 0.29) is 5.66 Å². The van der Waals surface area contributed by atoms with Gasteiger partial charge in [-0.2, -0.15) is 4.89 Å². The minimum atomic E-state index is -2.09. The Balaban J connectivity index is 2.88. The van der Waals surface area contributed by atoms with Gasteiger partial charge in [-0.05, 0) is 11.0 Å². The van der Waals surface area contributed by atoms with Gasteiger partial charge >= 0.3 is 8.03 Å². The van der Waals surface area contributed by atoms with E-state index in [1.54, 1.807) is 0 Å². The van der Waals surface area contributed by atoms with Gasteiger partial charge in [-0.25, -0.2) is 0 Å². The van der Waals surface area contributed by atoms with Crippen LogP contribution < -0.4 is 0 Å². The fraction of sp³-hybridized carbons (Fsp3) is 0.333. The van der Waals surface area contributed by atoms with Gasteiger partial charge in [0.05, 0.1) is 0 Å². The van der Waals surface area contributed by atoms with Crippen molar-refractivity contribution in [2.24, 2.45) is 0 Å². The predicted octanol–water partition coefficient (Wildman–Crippen LogP) is 2.87. The summed E-state index contributed by atoms with van der Waals surface area (Å²) in [7, 11) is -2.09. The van der Waals surface area contributed by atoms with Crippen molar-refractivity contribution < 1.29 is 9.46 Å². The maximum absolute atomic E-state index is 10.9. The smallest absolute Gasteiger partial charge is 0.160 e. The lowest BCUT2D eigenvalue weighted by molar-refractivity contribution is 0.488. The molecule has 12 heavy (non-hydrogen) atoms. The van der Waals surface area contributed by atoms with Gasteiger partial charge in [-0.3, -0.25) is 0 Å². The fourth-order valence-electron chi connectivity index (χ4n) is 1.19. The molecule has 2 unspecified atom stereocenters. The molecule has 1 rings (SSSR count). The van der Waals surface area contributed by atoms with Gasteiger partial charge in [0.2, 0.25) is 5.66 Å². The van der Waals surface area contributed by atoms with E-state index in [0.717, 1.165) is 5.56 Å². The summed E-state index contributed by atoms with van der Waals surface area (Å²) in [6.07, 6.45) is 0.704. The Hall–Kier alpha value is -0.720. The van der Waals surface area contributed by atoms with Crippen LogP contribution in [-0.2, 0) is 4.57 Å². The summed E-state index contributed by atoms with van der Waals surface area (Å²) in [6, 6.07) is 9.45. The van der Waals surface area contributed by atoms with Crippen molar-refractivity contribution in [3.63, 3.8) is 0 Å². The predicted molar refractivity (Wildman–Crippen MR) is 49.3 cm³/mol. The molecule has 1 aromatic rings. The third-order valence-electron chi connectivity index (χ3n) is 1.84. The molecule has 2 atom stereocenters. The molecule has 0 radical (unpaired) electrons. The number of benzene rings is 1. The van der Waals surface area contributed by atoms with Crippen molar-refractivity contribution in [3.8, 4) is 0 Å². The summed E-state index contributed by atoms with van der Waals surface area (Å²) >= 11 is 0. The highest BCUT2D eigenvalue weighted by Gasteiger charge is 2.28. The summed E-state index contributed by atoms with van der Waals surface area (Å²) < 4.78 is 10.9. The molecule has 0 amide bonds. The Morgan fingerprint density at radius 2 is 2.00 bits per heavy atom. The Morgan fingerprint density at radius 3 is 2.42 bits per heavy atom. The van der Waals surface area contributed by atoms with Crippen molar-refractivity contribution in [3.05, 3.63) is 35.9 Å². The molecule has 0 heterocycles. The SMILES string of the molecule is CCC(c1ccccc1)[P+](=O)O. The van der Waals surface area contributed by atoms with E-state index in [4.69, 9.17) is 4.89 Å². The van der Waals surface area contributed by atoms with Crippen LogP contribution in [0.3, 0.4) is 0 Å². The van der Waals surface area contributed by atoms with Crippen LogP contribution in [0.15, 0.2) is 30.3 Å². The second kappa shape index (κ2) is 4.34. The average Bonchev–Trinajstić information content (AvgIpc) is 2.07. The molecule has 1 aromatic carbocycles. The second-order valence-electron chi connectivity index (χ2n) is 2.64. The summed E-state index contributed by atoms with van der Waals surface area (Å²) in [4.78, 5) is 8.97. The molecular weight excluding hydrogens is 171 g/mol. The van der Waals surface area contributed by atoms with E-state index in [2.05, 4.69) is 0 Å². The van der Waals surface area contributed by atoms with Gasteiger partial charge in [0.25, 0.3) is 0 Å². The van der Waals surface area contributed by atoms with Crippen LogP contribution in [0.4, 0.5) is 0 Å². The van der Waals surface area contributed by atoms with Gasteiger partial charge in [0.15, 0.2) is 0 Å². The first-order chi connectivity index (χ1) is 5.75. The lowest BCUT2D eigenvalue weighted by Crippen LogP contribution is -1.90. The van der Waals surface area contributed by atoms with Crippen LogP contribution in [0.25, 0.3) is 0 Å². The van der Waals surface area contributed by atoms with Gasteiger partial charge in [0, 0.05) is 5.56 Å². The standard InChI is InChI=1S/C9H11O2P/c1-2-9(12(10)11)8-6-4-3-5-7-8/h3-7,9H,2H2,1H3/p+1. The zero-order chi connectivity index (χ0) is 8.97. The number of rotatable bonds is 3. The van der Waals surface area contributed by atoms with Crippen molar-refractivity contribution in [2.75, 3.05) is 0 Å². The highest BCUT2D eigenvalue weighted by molar-refractivity contribution is 7.38. The molecule has 0 spiro atoms. The summed E-state index contributed by atoms with van der Waals surface area (Å²) in [5.41, 5.74) is 0.741. The Bertz CT molecular complexity index is 258. The van der Waals surface area contributed by atoms with Crippen molar-refractivity contribution in [1.29, 1.82) is 0 Å². The molecule has 1 N–H and O–H groups in total. The van der Waals surface area contributed by atoms with Gasteiger partial charge in [-0.1, -0.05) is 37.3 Å². The van der Waals surface area contributed by atoms with E-state index >= 15 is 0 Å². The second-order valence-corrected chi connectivity index (χ2v) is 3.87. The highest BCUT2D eigenvalue weighted by atomic mass is 31.1. The minimum absolute atomic E-state index is 0.207. The first-order valence-corrected chi connectivity index (χ1v) is 5.24. The van der Waals surface area contributed by atoms with E-state index < -0.39 is 8.03 Å².